The maximum atomic E-state index is 12.3. The first-order valence-electron chi connectivity index (χ1n) is 10.4. The number of amides is 2. The number of urea groups is 1. The minimum atomic E-state index is -0.208. The van der Waals surface area contributed by atoms with E-state index in [-0.39, 0.29) is 6.03 Å². The third kappa shape index (κ3) is 6.07. The van der Waals surface area contributed by atoms with E-state index in [1.807, 2.05) is 42.6 Å². The summed E-state index contributed by atoms with van der Waals surface area (Å²) in [6.45, 7) is 5.17. The summed E-state index contributed by atoms with van der Waals surface area (Å²) in [6, 6.07) is 15.5. The van der Waals surface area contributed by atoms with Crippen molar-refractivity contribution in [2.24, 2.45) is 0 Å². The minimum Gasteiger partial charge on any atom is -0.379 e. The van der Waals surface area contributed by atoms with Crippen LogP contribution in [0.4, 0.5) is 4.79 Å². The van der Waals surface area contributed by atoms with Crippen LogP contribution in [0.25, 0.3) is 5.69 Å². The van der Waals surface area contributed by atoms with Crippen molar-refractivity contribution in [1.82, 2.24) is 25.3 Å². The van der Waals surface area contributed by atoms with Gasteiger partial charge in [0.1, 0.15) is 0 Å². The minimum absolute atomic E-state index is 0.208. The zero-order valence-corrected chi connectivity index (χ0v) is 18.0. The fourth-order valence-electron chi connectivity index (χ4n) is 3.49. The van der Waals surface area contributed by atoms with Gasteiger partial charge in [-0.05, 0) is 35.4 Å². The van der Waals surface area contributed by atoms with Crippen molar-refractivity contribution in [3.63, 3.8) is 0 Å². The number of carbonyl (C=O) groups excluding carboxylic acids is 1. The standard InChI is InChI=1S/C23H26ClN5O2/c24-21-5-7-22(8-6-21)29-16-18(14-27-29)13-25-23(30)26-15-19-3-1-2-4-20(19)17-28-9-11-31-12-10-28/h1-8,14,16H,9-13,15,17H2,(H2,25,26,30). The van der Waals surface area contributed by atoms with Gasteiger partial charge in [-0.15, -0.1) is 0 Å². The number of nitrogens with zero attached hydrogens (tertiary/aromatic N) is 3. The molecular weight excluding hydrogens is 414 g/mol. The second-order valence-electron chi connectivity index (χ2n) is 7.46. The first-order valence-corrected chi connectivity index (χ1v) is 10.7. The first-order chi connectivity index (χ1) is 15.2. The van der Waals surface area contributed by atoms with E-state index in [1.54, 1.807) is 10.9 Å². The van der Waals surface area contributed by atoms with Gasteiger partial charge in [0.2, 0.25) is 0 Å². The highest BCUT2D eigenvalue weighted by atomic mass is 35.5. The van der Waals surface area contributed by atoms with E-state index < -0.39 is 0 Å². The molecule has 2 N–H and O–H groups in total. The molecule has 2 aromatic carbocycles. The summed E-state index contributed by atoms with van der Waals surface area (Å²) in [6.07, 6.45) is 3.63. The van der Waals surface area contributed by atoms with Gasteiger partial charge in [-0.2, -0.15) is 5.10 Å². The molecule has 0 spiro atoms. The molecule has 7 nitrogen and oxygen atoms in total. The molecule has 3 aromatic rings. The Morgan fingerprint density at radius 2 is 1.71 bits per heavy atom. The van der Waals surface area contributed by atoms with Crippen LogP contribution in [-0.4, -0.2) is 47.0 Å². The highest BCUT2D eigenvalue weighted by Gasteiger charge is 2.13. The summed E-state index contributed by atoms with van der Waals surface area (Å²) in [4.78, 5) is 14.7. The number of hydrogen-bond donors (Lipinski definition) is 2. The third-order valence-electron chi connectivity index (χ3n) is 5.24. The van der Waals surface area contributed by atoms with Crippen LogP contribution in [0.15, 0.2) is 60.9 Å². The second kappa shape index (κ2) is 10.4. The summed E-state index contributed by atoms with van der Waals surface area (Å²) < 4.78 is 7.18. The Labute approximate surface area is 187 Å². The maximum Gasteiger partial charge on any atom is 0.315 e. The van der Waals surface area contributed by atoms with Crippen LogP contribution in [0.1, 0.15) is 16.7 Å². The lowest BCUT2D eigenvalue weighted by Gasteiger charge is -2.27. The van der Waals surface area contributed by atoms with Crippen LogP contribution in [0.2, 0.25) is 5.02 Å². The Morgan fingerprint density at radius 3 is 2.48 bits per heavy atom. The Morgan fingerprint density at radius 1 is 1.00 bits per heavy atom. The molecule has 2 heterocycles. The quantitative estimate of drug-likeness (QED) is 0.592. The van der Waals surface area contributed by atoms with Crippen LogP contribution in [0, 0.1) is 0 Å². The number of ether oxygens (including phenoxy) is 1. The molecule has 0 saturated carbocycles. The molecule has 2 amide bonds. The molecule has 8 heteroatoms. The van der Waals surface area contributed by atoms with Crippen LogP contribution in [0.5, 0.6) is 0 Å². The van der Waals surface area contributed by atoms with Crippen LogP contribution in [-0.2, 0) is 24.4 Å². The van der Waals surface area contributed by atoms with E-state index in [0.29, 0.717) is 18.1 Å². The average Bonchev–Trinajstić information content (AvgIpc) is 3.27. The summed E-state index contributed by atoms with van der Waals surface area (Å²) >= 11 is 5.93. The highest BCUT2D eigenvalue weighted by molar-refractivity contribution is 6.30. The van der Waals surface area contributed by atoms with E-state index in [2.05, 4.69) is 32.8 Å². The van der Waals surface area contributed by atoms with Gasteiger partial charge >= 0.3 is 6.03 Å². The highest BCUT2D eigenvalue weighted by Crippen LogP contribution is 2.14. The molecule has 31 heavy (non-hydrogen) atoms. The third-order valence-corrected chi connectivity index (χ3v) is 5.49. The molecule has 0 bridgehead atoms. The number of carbonyl (C=O) groups is 1. The monoisotopic (exact) mass is 439 g/mol. The molecule has 1 aliphatic heterocycles. The summed E-state index contributed by atoms with van der Waals surface area (Å²) in [5.74, 6) is 0. The second-order valence-corrected chi connectivity index (χ2v) is 7.90. The van der Waals surface area contributed by atoms with Crippen LogP contribution >= 0.6 is 11.6 Å². The zero-order valence-electron chi connectivity index (χ0n) is 17.3. The number of aromatic nitrogens is 2. The van der Waals surface area contributed by atoms with E-state index >= 15 is 0 Å². The number of nitrogens with one attached hydrogen (secondary N) is 2. The van der Waals surface area contributed by atoms with Crippen molar-refractivity contribution in [1.29, 1.82) is 0 Å². The molecule has 1 saturated heterocycles. The Bertz CT molecular complexity index is 999. The normalized spacial score (nSPS) is 14.4. The summed E-state index contributed by atoms with van der Waals surface area (Å²) in [5, 5.41) is 10.9. The smallest absolute Gasteiger partial charge is 0.315 e. The topological polar surface area (TPSA) is 71.4 Å². The van der Waals surface area contributed by atoms with E-state index in [0.717, 1.165) is 49.7 Å². The number of morpholine rings is 1. The number of benzene rings is 2. The predicted molar refractivity (Wildman–Crippen MR) is 120 cm³/mol. The van der Waals surface area contributed by atoms with Crippen LogP contribution < -0.4 is 10.6 Å². The zero-order chi connectivity index (χ0) is 21.5. The van der Waals surface area contributed by atoms with Gasteiger partial charge in [-0.25, -0.2) is 9.48 Å². The average molecular weight is 440 g/mol. The molecular formula is C23H26ClN5O2. The van der Waals surface area contributed by atoms with Gasteiger partial charge in [0.15, 0.2) is 0 Å². The molecule has 0 atom stereocenters. The van der Waals surface area contributed by atoms with Gasteiger partial charge in [-0.3, -0.25) is 4.90 Å². The lowest BCUT2D eigenvalue weighted by Crippen LogP contribution is -2.37. The van der Waals surface area contributed by atoms with Gasteiger partial charge in [0.25, 0.3) is 0 Å². The molecule has 4 rings (SSSR count). The van der Waals surface area contributed by atoms with Crippen molar-refractivity contribution >= 4 is 17.6 Å². The summed E-state index contributed by atoms with van der Waals surface area (Å²) in [5.41, 5.74) is 4.18. The lowest BCUT2D eigenvalue weighted by molar-refractivity contribution is 0.0341. The SMILES string of the molecule is O=C(NCc1cnn(-c2ccc(Cl)cc2)c1)NCc1ccccc1CN1CCOCC1. The van der Waals surface area contributed by atoms with Crippen molar-refractivity contribution < 1.29 is 9.53 Å². The molecule has 0 unspecified atom stereocenters. The lowest BCUT2D eigenvalue weighted by atomic mass is 10.1. The maximum absolute atomic E-state index is 12.3. The van der Waals surface area contributed by atoms with E-state index in [4.69, 9.17) is 16.3 Å². The predicted octanol–water partition coefficient (Wildman–Crippen LogP) is 3.36. The van der Waals surface area contributed by atoms with Crippen molar-refractivity contribution in [3.05, 3.63) is 82.6 Å². The van der Waals surface area contributed by atoms with Gasteiger partial charge in [0, 0.05) is 49.5 Å². The van der Waals surface area contributed by atoms with E-state index in [1.165, 1.54) is 5.56 Å². The fourth-order valence-corrected chi connectivity index (χ4v) is 3.62. The summed E-state index contributed by atoms with van der Waals surface area (Å²) in [7, 11) is 0. The van der Waals surface area contributed by atoms with Gasteiger partial charge < -0.3 is 15.4 Å². The van der Waals surface area contributed by atoms with Gasteiger partial charge in [0.05, 0.1) is 25.1 Å². The van der Waals surface area contributed by atoms with Crippen molar-refractivity contribution in [2.75, 3.05) is 26.3 Å². The van der Waals surface area contributed by atoms with Crippen molar-refractivity contribution in [3.8, 4) is 5.69 Å². The van der Waals surface area contributed by atoms with Gasteiger partial charge in [-0.1, -0.05) is 35.9 Å². The molecule has 1 aromatic heterocycles. The Hall–Kier alpha value is -2.87. The van der Waals surface area contributed by atoms with Crippen molar-refractivity contribution in [2.45, 2.75) is 19.6 Å². The fraction of sp³-hybridized carbons (Fsp3) is 0.304. The first kappa shape index (κ1) is 21.4. The number of hydrogen-bond acceptors (Lipinski definition) is 4. The molecule has 1 aliphatic rings. The Kier molecular flexibility index (Phi) is 7.19. The number of halogens is 1. The van der Waals surface area contributed by atoms with Crippen LogP contribution in [0.3, 0.4) is 0 Å². The molecule has 162 valence electrons. The molecule has 0 radical (unpaired) electrons. The Balaban J connectivity index is 1.27. The number of rotatable bonds is 7. The molecule has 0 aliphatic carbocycles. The van der Waals surface area contributed by atoms with E-state index in [9.17, 15) is 4.79 Å². The molecule has 1 fully saturated rings. The largest absolute Gasteiger partial charge is 0.379 e.